The van der Waals surface area contributed by atoms with Crippen LogP contribution >= 0.6 is 11.8 Å². The Bertz CT molecular complexity index is 1780. The van der Waals surface area contributed by atoms with Crippen LogP contribution in [-0.2, 0) is 11.2 Å². The summed E-state index contributed by atoms with van der Waals surface area (Å²) in [4.78, 5) is 31.2. The Kier molecular flexibility index (Phi) is 8.98. The van der Waals surface area contributed by atoms with Crippen molar-refractivity contribution in [3.05, 3.63) is 53.2 Å². The molecule has 4 heterocycles. The number of nitrogens with zero attached hydrogens (tertiary/aromatic N) is 5. The Balaban J connectivity index is 0.00000188. The number of aryl methyl sites for hydroxylation is 1. The van der Waals surface area contributed by atoms with Crippen molar-refractivity contribution in [2.45, 2.75) is 71.2 Å². The maximum Gasteiger partial charge on any atom is 0.410 e. The number of carbonyl (C=O) groups is 1. The van der Waals surface area contributed by atoms with Gasteiger partial charge in [-0.05, 0) is 50.8 Å². The van der Waals surface area contributed by atoms with Crippen LogP contribution in [0.3, 0.4) is 0 Å². The molecule has 1 atom stereocenters. The Morgan fingerprint density at radius 3 is 2.59 bits per heavy atom. The van der Waals surface area contributed by atoms with Crippen LogP contribution in [-0.4, -0.2) is 63.0 Å². The minimum Gasteiger partial charge on any atom is -0.444 e. The van der Waals surface area contributed by atoms with Gasteiger partial charge in [0.25, 0.3) is 0 Å². The van der Waals surface area contributed by atoms with Crippen molar-refractivity contribution in [3.63, 3.8) is 0 Å². The molecule has 1 saturated heterocycles. The second-order valence-electron chi connectivity index (χ2n) is 11.5. The summed E-state index contributed by atoms with van der Waals surface area (Å²) >= 11 is 1.43. The molecule has 0 aliphatic carbocycles. The largest absolute Gasteiger partial charge is 0.444 e. The summed E-state index contributed by atoms with van der Waals surface area (Å²) in [5, 5.41) is 2.17. The quantitative estimate of drug-likeness (QED) is 0.133. The number of piperazine rings is 1. The van der Waals surface area contributed by atoms with Crippen LogP contribution < -0.4 is 4.90 Å². The number of hydrogen-bond donors (Lipinski definition) is 0. The van der Waals surface area contributed by atoms with Crippen molar-refractivity contribution in [3.8, 4) is 23.6 Å². The van der Waals surface area contributed by atoms with E-state index in [9.17, 15) is 9.18 Å². The fourth-order valence-corrected chi connectivity index (χ4v) is 6.40. The number of fused-ring (bicyclic) bond motifs is 3. The van der Waals surface area contributed by atoms with E-state index in [0.29, 0.717) is 76.6 Å². The standard InChI is InChI=1S/C32H31F2N5O2S.C2H6/c1-6-20-22(33)13-11-18-9-8-10-21(24(18)20)27-26(34)28-25-23(35-27)14-12-19-17-38(31(40)41-32(3,4)5)15-16-39(19)29(25)37-30(36-28)42-7-2;1-2/h1,8-11,13,19H,7,12,14-17H2,2-5H3;1-2H3. The van der Waals surface area contributed by atoms with Gasteiger partial charge in [-0.2, -0.15) is 0 Å². The number of thioether (sulfide) groups is 1. The van der Waals surface area contributed by atoms with Crippen molar-refractivity contribution in [1.82, 2.24) is 19.9 Å². The maximum absolute atomic E-state index is 16.6. The van der Waals surface area contributed by atoms with E-state index in [4.69, 9.17) is 21.1 Å². The minimum absolute atomic E-state index is 0.0655. The van der Waals surface area contributed by atoms with E-state index in [1.807, 2.05) is 47.6 Å². The normalized spacial score (nSPS) is 16.1. The van der Waals surface area contributed by atoms with E-state index in [-0.39, 0.29) is 28.9 Å². The zero-order chi connectivity index (χ0) is 31.8. The summed E-state index contributed by atoms with van der Waals surface area (Å²) in [6.45, 7) is 13.0. The van der Waals surface area contributed by atoms with Gasteiger partial charge in [-0.15, -0.1) is 6.42 Å². The van der Waals surface area contributed by atoms with E-state index >= 15 is 4.39 Å². The van der Waals surface area contributed by atoms with Gasteiger partial charge in [0.1, 0.15) is 28.4 Å². The van der Waals surface area contributed by atoms with E-state index in [1.165, 1.54) is 17.8 Å². The molecule has 2 aromatic carbocycles. The fraction of sp³-hybridized carbons (Fsp3) is 0.412. The van der Waals surface area contributed by atoms with E-state index in [2.05, 4.69) is 15.8 Å². The van der Waals surface area contributed by atoms with Crippen molar-refractivity contribution in [2.75, 3.05) is 30.3 Å². The van der Waals surface area contributed by atoms with E-state index < -0.39 is 17.2 Å². The molecule has 7 nitrogen and oxygen atoms in total. The molecule has 0 saturated carbocycles. The lowest BCUT2D eigenvalue weighted by atomic mass is 9.95. The number of carbonyl (C=O) groups excluding carboxylic acids is 1. The second kappa shape index (κ2) is 12.6. The number of benzene rings is 2. The van der Waals surface area contributed by atoms with E-state index in [1.54, 1.807) is 23.1 Å². The van der Waals surface area contributed by atoms with Gasteiger partial charge in [0.15, 0.2) is 11.0 Å². The molecule has 0 radical (unpaired) electrons. The molecule has 6 rings (SSSR count). The van der Waals surface area contributed by atoms with Crippen molar-refractivity contribution >= 4 is 45.3 Å². The number of amides is 1. The monoisotopic (exact) mass is 617 g/mol. The number of pyridine rings is 1. The second-order valence-corrected chi connectivity index (χ2v) is 12.7. The summed E-state index contributed by atoms with van der Waals surface area (Å²) in [5.41, 5.74) is 0.817. The molecule has 10 heteroatoms. The molecule has 2 aromatic heterocycles. The Morgan fingerprint density at radius 1 is 1.11 bits per heavy atom. The molecular weight excluding hydrogens is 580 g/mol. The number of ether oxygens (including phenoxy) is 1. The average Bonchev–Trinajstić information content (AvgIpc) is 3.15. The predicted molar refractivity (Wildman–Crippen MR) is 173 cm³/mol. The first-order chi connectivity index (χ1) is 21.1. The van der Waals surface area contributed by atoms with Crippen LogP contribution in [0.2, 0.25) is 0 Å². The third kappa shape index (κ3) is 5.77. The van der Waals surface area contributed by atoms with Gasteiger partial charge in [-0.3, -0.25) is 0 Å². The molecule has 2 aliphatic rings. The van der Waals surface area contributed by atoms with Crippen molar-refractivity contribution in [2.24, 2.45) is 0 Å². The molecule has 1 unspecified atom stereocenters. The lowest BCUT2D eigenvalue weighted by molar-refractivity contribution is 0.0212. The first kappa shape index (κ1) is 31.5. The summed E-state index contributed by atoms with van der Waals surface area (Å²) < 4.78 is 37.1. The third-order valence-corrected chi connectivity index (χ3v) is 8.34. The Labute approximate surface area is 261 Å². The van der Waals surface area contributed by atoms with Gasteiger partial charge in [0.05, 0.1) is 16.6 Å². The number of terminal acetylenes is 1. The minimum atomic E-state index is -0.597. The topological polar surface area (TPSA) is 71.5 Å². The molecule has 1 amide bonds. The zero-order valence-electron chi connectivity index (χ0n) is 26.0. The highest BCUT2D eigenvalue weighted by atomic mass is 32.2. The summed E-state index contributed by atoms with van der Waals surface area (Å²) in [7, 11) is 0. The Morgan fingerprint density at radius 2 is 1.89 bits per heavy atom. The molecule has 0 bridgehead atoms. The summed E-state index contributed by atoms with van der Waals surface area (Å²) in [6, 6.07) is 8.21. The van der Waals surface area contributed by atoms with Crippen LogP contribution in [0.4, 0.5) is 19.4 Å². The van der Waals surface area contributed by atoms with Crippen LogP contribution in [0, 0.1) is 24.0 Å². The fourth-order valence-electron chi connectivity index (χ4n) is 5.84. The van der Waals surface area contributed by atoms with Crippen molar-refractivity contribution in [1.29, 1.82) is 0 Å². The number of hydrogen-bond acceptors (Lipinski definition) is 7. The number of rotatable bonds is 3. The number of aromatic nitrogens is 3. The average molecular weight is 618 g/mol. The molecule has 230 valence electrons. The first-order valence-corrected chi connectivity index (χ1v) is 16.0. The highest BCUT2D eigenvalue weighted by molar-refractivity contribution is 7.99. The van der Waals surface area contributed by atoms with Gasteiger partial charge in [-0.1, -0.05) is 62.7 Å². The van der Waals surface area contributed by atoms with Crippen molar-refractivity contribution < 1.29 is 18.3 Å². The maximum atomic E-state index is 16.6. The zero-order valence-corrected chi connectivity index (χ0v) is 26.8. The van der Waals surface area contributed by atoms with Gasteiger partial charge < -0.3 is 14.5 Å². The number of anilines is 1. The predicted octanol–water partition coefficient (Wildman–Crippen LogP) is 7.61. The molecule has 0 N–H and O–H groups in total. The highest BCUT2D eigenvalue weighted by Crippen LogP contribution is 2.41. The molecule has 2 aliphatic heterocycles. The molecular formula is C34H37F2N5O2S. The SMILES string of the molecule is C#Cc1c(F)ccc2cccc(-c3nc4c5c(nc(SCC)nc5c3F)N3CCN(C(=O)OC(C)(C)C)CC3CC4)c12.CC. The smallest absolute Gasteiger partial charge is 0.410 e. The highest BCUT2D eigenvalue weighted by Gasteiger charge is 2.37. The number of halogens is 2. The summed E-state index contributed by atoms with van der Waals surface area (Å²) in [5.74, 6) is 2.64. The van der Waals surface area contributed by atoms with E-state index in [0.717, 1.165) is 0 Å². The van der Waals surface area contributed by atoms with Gasteiger partial charge in [-0.25, -0.2) is 28.5 Å². The molecule has 4 aromatic rings. The third-order valence-electron chi connectivity index (χ3n) is 7.61. The lowest BCUT2D eigenvalue weighted by Crippen LogP contribution is -2.55. The molecule has 44 heavy (non-hydrogen) atoms. The summed E-state index contributed by atoms with van der Waals surface area (Å²) in [6.07, 6.45) is 6.55. The lowest BCUT2D eigenvalue weighted by Gasteiger charge is -2.41. The van der Waals surface area contributed by atoms with Gasteiger partial charge >= 0.3 is 6.09 Å². The van der Waals surface area contributed by atoms with Crippen LogP contribution in [0.25, 0.3) is 32.9 Å². The molecule has 1 fully saturated rings. The van der Waals surface area contributed by atoms with Crippen LogP contribution in [0.15, 0.2) is 35.5 Å². The first-order valence-electron chi connectivity index (χ1n) is 15.0. The Hall–Kier alpha value is -3.97. The molecule has 0 spiro atoms. The van der Waals surface area contributed by atoms with Crippen LogP contribution in [0.1, 0.15) is 59.2 Å². The van der Waals surface area contributed by atoms with Gasteiger partial charge in [0.2, 0.25) is 0 Å². The van der Waals surface area contributed by atoms with Crippen LogP contribution in [0.5, 0.6) is 0 Å². The van der Waals surface area contributed by atoms with Gasteiger partial charge in [0, 0.05) is 36.6 Å².